The zero-order valence-electron chi connectivity index (χ0n) is 11.8. The van der Waals surface area contributed by atoms with E-state index in [2.05, 4.69) is 0 Å². The monoisotopic (exact) mass is 265 g/mol. The minimum absolute atomic E-state index is 0.153. The highest BCUT2D eigenvalue weighted by molar-refractivity contribution is 5.69. The third kappa shape index (κ3) is 3.46. The van der Waals surface area contributed by atoms with E-state index in [1.807, 2.05) is 20.8 Å². The van der Waals surface area contributed by atoms with Crippen LogP contribution in [0.3, 0.4) is 0 Å². The van der Waals surface area contributed by atoms with E-state index in [9.17, 15) is 9.18 Å². The van der Waals surface area contributed by atoms with Crippen molar-refractivity contribution in [1.29, 1.82) is 0 Å². The minimum Gasteiger partial charge on any atom is -0.444 e. The molecule has 1 aliphatic carbocycles. The van der Waals surface area contributed by atoms with Crippen LogP contribution < -0.4 is 0 Å². The third-order valence-corrected chi connectivity index (χ3v) is 3.23. The van der Waals surface area contributed by atoms with Crippen molar-refractivity contribution in [3.63, 3.8) is 0 Å². The minimum atomic E-state index is -0.481. The normalized spacial score (nSPS) is 21.9. The molecule has 0 radical (unpaired) electrons. The molecule has 4 heteroatoms. The number of carbonyl (C=O) groups excluding carboxylic acids is 1. The standard InChI is InChI=1S/C15H20FNO2/c1-15(2,3)19-14(18)17(4)13-9-12(13)10-5-7-11(16)8-6-10/h5-8,12-13H,9H2,1-4H3/t12-,13+/m0/s1. The van der Waals surface area contributed by atoms with Gasteiger partial charge in [-0.15, -0.1) is 0 Å². The topological polar surface area (TPSA) is 29.5 Å². The Morgan fingerprint density at radius 1 is 1.32 bits per heavy atom. The molecule has 0 spiro atoms. The quantitative estimate of drug-likeness (QED) is 0.818. The molecule has 104 valence electrons. The Hall–Kier alpha value is -1.58. The second-order valence-corrected chi connectivity index (χ2v) is 6.05. The van der Waals surface area contributed by atoms with E-state index < -0.39 is 5.60 Å². The Kier molecular flexibility index (Phi) is 3.52. The molecule has 0 bridgehead atoms. The van der Waals surface area contributed by atoms with E-state index in [0.29, 0.717) is 0 Å². The van der Waals surface area contributed by atoms with Crippen LogP contribution in [0.5, 0.6) is 0 Å². The summed E-state index contributed by atoms with van der Waals surface area (Å²) in [4.78, 5) is 13.6. The average Bonchev–Trinajstić information content (AvgIpc) is 3.06. The van der Waals surface area contributed by atoms with Crippen LogP contribution in [0.15, 0.2) is 24.3 Å². The van der Waals surface area contributed by atoms with Crippen LogP contribution in [0.2, 0.25) is 0 Å². The molecule has 3 nitrogen and oxygen atoms in total. The molecule has 1 saturated carbocycles. The molecule has 1 aromatic rings. The highest BCUT2D eigenvalue weighted by Gasteiger charge is 2.44. The summed E-state index contributed by atoms with van der Waals surface area (Å²) in [5, 5.41) is 0. The lowest BCUT2D eigenvalue weighted by atomic mass is 10.1. The first-order valence-corrected chi connectivity index (χ1v) is 6.49. The molecule has 0 aliphatic heterocycles. The number of hydrogen-bond acceptors (Lipinski definition) is 2. The molecule has 0 unspecified atom stereocenters. The average molecular weight is 265 g/mol. The Balaban J connectivity index is 1.95. The van der Waals surface area contributed by atoms with Gasteiger partial charge < -0.3 is 9.64 Å². The summed E-state index contributed by atoms with van der Waals surface area (Å²) in [6, 6.07) is 6.63. The molecule has 0 aromatic heterocycles. The van der Waals surface area contributed by atoms with Gasteiger partial charge in [0.25, 0.3) is 0 Å². The Labute approximate surface area is 113 Å². The molecule has 0 heterocycles. The Bertz CT molecular complexity index is 464. The zero-order valence-corrected chi connectivity index (χ0v) is 11.8. The number of carbonyl (C=O) groups is 1. The number of amides is 1. The molecule has 1 aromatic carbocycles. The van der Waals surface area contributed by atoms with Crippen molar-refractivity contribution in [3.8, 4) is 0 Å². The van der Waals surface area contributed by atoms with E-state index in [4.69, 9.17) is 4.74 Å². The van der Waals surface area contributed by atoms with Crippen molar-refractivity contribution in [2.45, 2.75) is 44.8 Å². The lowest BCUT2D eigenvalue weighted by molar-refractivity contribution is 0.0282. The second kappa shape index (κ2) is 4.83. The van der Waals surface area contributed by atoms with Crippen molar-refractivity contribution in [3.05, 3.63) is 35.6 Å². The summed E-state index contributed by atoms with van der Waals surface area (Å²) >= 11 is 0. The first-order valence-electron chi connectivity index (χ1n) is 6.49. The fourth-order valence-electron chi connectivity index (χ4n) is 2.15. The van der Waals surface area contributed by atoms with Crippen molar-refractivity contribution in [2.75, 3.05) is 7.05 Å². The maximum Gasteiger partial charge on any atom is 0.410 e. The van der Waals surface area contributed by atoms with Gasteiger partial charge >= 0.3 is 6.09 Å². The Morgan fingerprint density at radius 2 is 1.89 bits per heavy atom. The first-order chi connectivity index (χ1) is 8.78. The summed E-state index contributed by atoms with van der Waals surface area (Å²) in [7, 11) is 1.75. The molecular weight excluding hydrogens is 245 g/mol. The molecular formula is C15H20FNO2. The molecule has 1 fully saturated rings. The van der Waals surface area contributed by atoms with Crippen molar-refractivity contribution >= 4 is 6.09 Å². The van der Waals surface area contributed by atoms with Gasteiger partial charge in [-0.25, -0.2) is 9.18 Å². The largest absolute Gasteiger partial charge is 0.444 e. The number of ether oxygens (including phenoxy) is 1. The van der Waals surface area contributed by atoms with Crippen molar-refractivity contribution < 1.29 is 13.9 Å². The van der Waals surface area contributed by atoms with Gasteiger partial charge in [0.2, 0.25) is 0 Å². The van der Waals surface area contributed by atoms with Gasteiger partial charge in [-0.05, 0) is 44.9 Å². The van der Waals surface area contributed by atoms with Crippen LogP contribution in [0.1, 0.15) is 38.7 Å². The van der Waals surface area contributed by atoms with Crippen LogP contribution in [-0.4, -0.2) is 29.7 Å². The number of nitrogens with zero attached hydrogens (tertiary/aromatic N) is 1. The van der Waals surface area contributed by atoms with Crippen LogP contribution in [0.25, 0.3) is 0 Å². The van der Waals surface area contributed by atoms with Crippen LogP contribution in [0, 0.1) is 5.82 Å². The van der Waals surface area contributed by atoms with E-state index >= 15 is 0 Å². The molecule has 2 atom stereocenters. The van der Waals surface area contributed by atoms with Gasteiger partial charge in [-0.3, -0.25) is 0 Å². The van der Waals surface area contributed by atoms with E-state index in [-0.39, 0.29) is 23.9 Å². The Morgan fingerprint density at radius 3 is 2.42 bits per heavy atom. The molecule has 0 N–H and O–H groups in total. The summed E-state index contributed by atoms with van der Waals surface area (Å²) in [5.74, 6) is 0.0552. The lowest BCUT2D eigenvalue weighted by Crippen LogP contribution is -2.36. The predicted octanol–water partition coefficient (Wildman–Crippen LogP) is 3.55. The first kappa shape index (κ1) is 13.8. The molecule has 19 heavy (non-hydrogen) atoms. The second-order valence-electron chi connectivity index (χ2n) is 6.05. The highest BCUT2D eigenvalue weighted by Crippen LogP contribution is 2.44. The van der Waals surface area contributed by atoms with Crippen LogP contribution in [0.4, 0.5) is 9.18 Å². The molecule has 0 saturated heterocycles. The number of hydrogen-bond donors (Lipinski definition) is 0. The number of benzene rings is 1. The van der Waals surface area contributed by atoms with E-state index in [1.54, 1.807) is 24.1 Å². The van der Waals surface area contributed by atoms with Gasteiger partial charge in [0.1, 0.15) is 11.4 Å². The lowest BCUT2D eigenvalue weighted by Gasteiger charge is -2.25. The molecule has 1 amide bonds. The fourth-order valence-corrected chi connectivity index (χ4v) is 2.15. The summed E-state index contributed by atoms with van der Waals surface area (Å²) in [5.41, 5.74) is 0.591. The highest BCUT2D eigenvalue weighted by atomic mass is 19.1. The smallest absolute Gasteiger partial charge is 0.410 e. The van der Waals surface area contributed by atoms with Gasteiger partial charge in [0, 0.05) is 19.0 Å². The third-order valence-electron chi connectivity index (χ3n) is 3.23. The van der Waals surface area contributed by atoms with Crippen molar-refractivity contribution in [1.82, 2.24) is 4.90 Å². The van der Waals surface area contributed by atoms with Gasteiger partial charge in [0.15, 0.2) is 0 Å². The van der Waals surface area contributed by atoms with Crippen LogP contribution in [-0.2, 0) is 4.74 Å². The van der Waals surface area contributed by atoms with E-state index in [0.717, 1.165) is 12.0 Å². The number of halogens is 1. The van der Waals surface area contributed by atoms with Gasteiger partial charge in [-0.1, -0.05) is 12.1 Å². The van der Waals surface area contributed by atoms with Gasteiger partial charge in [0.05, 0.1) is 0 Å². The number of rotatable bonds is 2. The SMILES string of the molecule is CN(C(=O)OC(C)(C)C)[C@@H]1C[C@H]1c1ccc(F)cc1. The zero-order chi connectivity index (χ0) is 14.2. The summed E-state index contributed by atoms with van der Waals surface area (Å²) < 4.78 is 18.2. The molecule has 2 rings (SSSR count). The van der Waals surface area contributed by atoms with Gasteiger partial charge in [-0.2, -0.15) is 0 Å². The van der Waals surface area contributed by atoms with Crippen molar-refractivity contribution in [2.24, 2.45) is 0 Å². The number of likely N-dealkylation sites (N-methyl/N-ethyl adjacent to an activating group) is 1. The van der Waals surface area contributed by atoms with E-state index in [1.165, 1.54) is 12.1 Å². The summed E-state index contributed by atoms with van der Waals surface area (Å²) in [6.07, 6.45) is 0.601. The predicted molar refractivity (Wildman–Crippen MR) is 71.5 cm³/mol. The maximum absolute atomic E-state index is 12.9. The fraction of sp³-hybridized carbons (Fsp3) is 0.533. The molecule has 1 aliphatic rings. The van der Waals surface area contributed by atoms with Crippen LogP contribution >= 0.6 is 0 Å². The maximum atomic E-state index is 12.9. The summed E-state index contributed by atoms with van der Waals surface area (Å²) in [6.45, 7) is 5.55.